The molecule has 2 heteroatoms. The summed E-state index contributed by atoms with van der Waals surface area (Å²) >= 11 is 0. The quantitative estimate of drug-likeness (QED) is 0.578. The molecule has 2 aliphatic rings. The first-order chi connectivity index (χ1) is 11.4. The predicted octanol–water partition coefficient (Wildman–Crippen LogP) is 6.01. The first-order valence-electron chi connectivity index (χ1n) is 9.93. The third-order valence-electron chi connectivity index (χ3n) is 6.09. The minimum absolute atomic E-state index is 0.213. The van der Waals surface area contributed by atoms with E-state index in [1.807, 2.05) is 0 Å². The summed E-state index contributed by atoms with van der Waals surface area (Å²) < 4.78 is 0. The van der Waals surface area contributed by atoms with Crippen molar-refractivity contribution in [3.8, 4) is 6.07 Å². The average molecular weight is 329 g/mol. The van der Waals surface area contributed by atoms with E-state index in [0.29, 0.717) is 0 Å². The van der Waals surface area contributed by atoms with Gasteiger partial charge in [0.2, 0.25) is 0 Å². The number of hydrogen-bond acceptors (Lipinski definition) is 2. The molecule has 1 saturated carbocycles. The van der Waals surface area contributed by atoms with Gasteiger partial charge >= 0.3 is 0 Å². The van der Waals surface area contributed by atoms with Crippen LogP contribution < -0.4 is 0 Å². The lowest BCUT2D eigenvalue weighted by atomic mass is 9.81. The summed E-state index contributed by atoms with van der Waals surface area (Å²) in [7, 11) is 0. The van der Waals surface area contributed by atoms with Gasteiger partial charge in [-0.05, 0) is 64.9 Å². The van der Waals surface area contributed by atoms with Crippen molar-refractivity contribution in [1.29, 1.82) is 5.26 Å². The summed E-state index contributed by atoms with van der Waals surface area (Å²) in [5.74, 6) is 0.851. The Hall–Kier alpha value is -1.07. The number of allylic oxidation sites excluding steroid dienone is 1. The molecule has 0 aromatic heterocycles. The molecular formula is C22H36N2. The maximum Gasteiger partial charge on any atom is 0.0994 e. The molecule has 0 radical (unpaired) electrons. The van der Waals surface area contributed by atoms with Crippen LogP contribution in [0.15, 0.2) is 22.3 Å². The highest BCUT2D eigenvalue weighted by Gasteiger charge is 2.35. The van der Waals surface area contributed by atoms with Crippen LogP contribution >= 0.6 is 0 Å². The van der Waals surface area contributed by atoms with Gasteiger partial charge in [0.25, 0.3) is 0 Å². The molecule has 2 nitrogen and oxygen atoms in total. The molecule has 1 aliphatic carbocycles. The molecule has 0 atom stereocenters. The Labute approximate surface area is 149 Å². The molecule has 1 aliphatic heterocycles. The van der Waals surface area contributed by atoms with E-state index in [0.717, 1.165) is 37.3 Å². The van der Waals surface area contributed by atoms with Crippen molar-refractivity contribution in [3.05, 3.63) is 22.3 Å². The highest BCUT2D eigenvalue weighted by molar-refractivity contribution is 5.49. The Morgan fingerprint density at radius 2 is 1.92 bits per heavy atom. The van der Waals surface area contributed by atoms with Gasteiger partial charge in [0, 0.05) is 18.6 Å². The fourth-order valence-electron chi connectivity index (χ4n) is 4.61. The Balaban J connectivity index is 2.23. The maximum atomic E-state index is 9.77. The first-order valence-corrected chi connectivity index (χ1v) is 9.93. The van der Waals surface area contributed by atoms with Crippen LogP contribution in [0.25, 0.3) is 0 Å². The van der Waals surface area contributed by atoms with Gasteiger partial charge in [-0.3, -0.25) is 4.90 Å². The molecule has 134 valence electrons. The highest BCUT2D eigenvalue weighted by Crippen LogP contribution is 2.37. The smallest absolute Gasteiger partial charge is 0.0994 e. The Morgan fingerprint density at radius 1 is 1.25 bits per heavy atom. The monoisotopic (exact) mass is 328 g/mol. The van der Waals surface area contributed by atoms with Crippen molar-refractivity contribution in [2.75, 3.05) is 13.1 Å². The van der Waals surface area contributed by atoms with Crippen LogP contribution in [0.5, 0.6) is 0 Å². The first kappa shape index (κ1) is 19.3. The van der Waals surface area contributed by atoms with E-state index >= 15 is 0 Å². The van der Waals surface area contributed by atoms with Crippen LogP contribution in [0.3, 0.4) is 0 Å². The van der Waals surface area contributed by atoms with Gasteiger partial charge < -0.3 is 0 Å². The molecule has 0 saturated heterocycles. The van der Waals surface area contributed by atoms with E-state index in [-0.39, 0.29) is 5.54 Å². The average Bonchev–Trinajstić information content (AvgIpc) is 2.53. The molecule has 0 unspecified atom stereocenters. The van der Waals surface area contributed by atoms with E-state index < -0.39 is 0 Å². The summed E-state index contributed by atoms with van der Waals surface area (Å²) in [6.07, 6.45) is 10.2. The molecule has 0 aromatic carbocycles. The van der Waals surface area contributed by atoms with Crippen molar-refractivity contribution >= 4 is 0 Å². The van der Waals surface area contributed by atoms with Crippen LogP contribution in [-0.2, 0) is 0 Å². The van der Waals surface area contributed by atoms with Gasteiger partial charge in [0.15, 0.2) is 0 Å². The number of rotatable bonds is 5. The van der Waals surface area contributed by atoms with Crippen LogP contribution in [0.2, 0.25) is 0 Å². The van der Waals surface area contributed by atoms with Crippen molar-refractivity contribution < 1.29 is 0 Å². The SMILES string of the molecule is CCC/C(C)=C(/C#N)C1=C(C)CC(C)(C)N(CC2CCCCC2)C1. The van der Waals surface area contributed by atoms with E-state index in [2.05, 4.69) is 45.6 Å². The number of nitriles is 1. The van der Waals surface area contributed by atoms with Crippen molar-refractivity contribution in [3.63, 3.8) is 0 Å². The summed E-state index contributed by atoms with van der Waals surface area (Å²) in [4.78, 5) is 2.67. The molecule has 1 fully saturated rings. The van der Waals surface area contributed by atoms with E-state index in [4.69, 9.17) is 0 Å². The lowest BCUT2D eigenvalue weighted by Gasteiger charge is -2.46. The second-order valence-corrected chi connectivity index (χ2v) is 8.65. The molecule has 0 amide bonds. The molecule has 0 spiro atoms. The van der Waals surface area contributed by atoms with Crippen molar-refractivity contribution in [2.24, 2.45) is 5.92 Å². The molecular weight excluding hydrogens is 292 g/mol. The summed E-state index contributed by atoms with van der Waals surface area (Å²) in [6, 6.07) is 2.53. The van der Waals surface area contributed by atoms with Crippen LogP contribution in [0.4, 0.5) is 0 Å². The maximum absolute atomic E-state index is 9.77. The molecule has 2 rings (SSSR count). The Kier molecular flexibility index (Phi) is 6.70. The molecule has 24 heavy (non-hydrogen) atoms. The molecule has 1 heterocycles. The van der Waals surface area contributed by atoms with Crippen LogP contribution in [-0.4, -0.2) is 23.5 Å². The fraction of sp³-hybridized carbons (Fsp3) is 0.773. The topological polar surface area (TPSA) is 27.0 Å². The third kappa shape index (κ3) is 4.51. The van der Waals surface area contributed by atoms with E-state index in [9.17, 15) is 5.26 Å². The molecule has 0 bridgehead atoms. The highest BCUT2D eigenvalue weighted by atomic mass is 15.2. The zero-order valence-electron chi connectivity index (χ0n) is 16.5. The number of nitrogens with zero attached hydrogens (tertiary/aromatic N) is 2. The van der Waals surface area contributed by atoms with Crippen LogP contribution in [0, 0.1) is 17.2 Å². The lowest BCUT2D eigenvalue weighted by molar-refractivity contribution is 0.0898. The van der Waals surface area contributed by atoms with Crippen molar-refractivity contribution in [1.82, 2.24) is 4.90 Å². The Bertz CT molecular complexity index is 539. The lowest BCUT2D eigenvalue weighted by Crippen LogP contribution is -2.50. The van der Waals surface area contributed by atoms with Gasteiger partial charge in [0.1, 0.15) is 0 Å². The largest absolute Gasteiger partial charge is 0.293 e. The van der Waals surface area contributed by atoms with Gasteiger partial charge in [-0.2, -0.15) is 5.26 Å². The number of hydrogen-bond donors (Lipinski definition) is 0. The zero-order chi connectivity index (χ0) is 17.7. The molecule has 0 aromatic rings. The van der Waals surface area contributed by atoms with E-state index in [1.54, 1.807) is 0 Å². The second-order valence-electron chi connectivity index (χ2n) is 8.65. The normalized spacial score (nSPS) is 23.8. The van der Waals surface area contributed by atoms with Gasteiger partial charge in [0.05, 0.1) is 11.6 Å². The minimum atomic E-state index is 0.213. The minimum Gasteiger partial charge on any atom is -0.293 e. The summed E-state index contributed by atoms with van der Waals surface area (Å²) in [6.45, 7) is 13.5. The van der Waals surface area contributed by atoms with Gasteiger partial charge in [-0.15, -0.1) is 0 Å². The Morgan fingerprint density at radius 3 is 2.50 bits per heavy atom. The van der Waals surface area contributed by atoms with Crippen LogP contribution in [0.1, 0.15) is 86.0 Å². The molecule has 0 N–H and O–H groups in total. The zero-order valence-corrected chi connectivity index (χ0v) is 16.5. The third-order valence-corrected chi connectivity index (χ3v) is 6.09. The predicted molar refractivity (Wildman–Crippen MR) is 103 cm³/mol. The van der Waals surface area contributed by atoms with Crippen molar-refractivity contribution in [2.45, 2.75) is 91.5 Å². The fourth-order valence-corrected chi connectivity index (χ4v) is 4.61. The summed E-state index contributed by atoms with van der Waals surface area (Å²) in [5.41, 5.74) is 5.19. The standard InChI is InChI=1S/C22H36N2/c1-6-10-17(2)20(14-23)21-16-24(22(4,5)13-18(21)3)15-19-11-8-7-9-12-19/h19H,6-13,15-16H2,1-5H3/b20-17-. The van der Waals surface area contributed by atoms with Gasteiger partial charge in [-0.25, -0.2) is 0 Å². The van der Waals surface area contributed by atoms with Gasteiger partial charge in [-0.1, -0.05) is 43.8 Å². The summed E-state index contributed by atoms with van der Waals surface area (Å²) in [5, 5.41) is 9.77. The second kappa shape index (κ2) is 8.34. The van der Waals surface area contributed by atoms with E-state index in [1.165, 1.54) is 55.4 Å².